The van der Waals surface area contributed by atoms with E-state index in [1.807, 2.05) is 62.4 Å². The second-order valence-corrected chi connectivity index (χ2v) is 13.8. The van der Waals surface area contributed by atoms with Crippen LogP contribution < -0.4 is 10.6 Å². The summed E-state index contributed by atoms with van der Waals surface area (Å²) in [6.45, 7) is 4.02. The fraction of sp³-hybridized carbons (Fsp3) is 0.333. The van der Waals surface area contributed by atoms with Crippen LogP contribution in [0.2, 0.25) is 0 Å². The Morgan fingerprint density at radius 1 is 0.661 bits per heavy atom. The number of aromatic carboxylic acids is 1. The Labute approximate surface area is 323 Å². The van der Waals surface area contributed by atoms with Crippen molar-refractivity contribution in [2.75, 3.05) is 0 Å². The summed E-state index contributed by atoms with van der Waals surface area (Å²) in [6.07, 6.45) is 9.42. The van der Waals surface area contributed by atoms with Gasteiger partial charge in [-0.3, -0.25) is 9.59 Å². The van der Waals surface area contributed by atoms with E-state index in [1.165, 1.54) is 36.8 Å². The first-order valence-corrected chi connectivity index (χ1v) is 18.1. The molecule has 0 radical (unpaired) electrons. The molecule has 2 saturated carbocycles. The molecule has 0 saturated heterocycles. The Morgan fingerprint density at radius 2 is 1.07 bits per heavy atom. The van der Waals surface area contributed by atoms with E-state index in [-0.39, 0.29) is 41.2 Å². The standard InChI is InChI=1S/2C19H20N2O3.C4H3NO3/c2*1-14-4-2-5-15(12-14)7-10-19(23)9-3-6-16(13-19)21-18(22)17-8-11-20-24-17;6-4(7)3-1-2-5-8-3/h2*2,4-5,8,11-12,16,23H,3,6,9,13H2,1H3,(H,21,22);1-2H,(H,6,7)/t2*16-,19+;/m10./s1. The van der Waals surface area contributed by atoms with E-state index in [9.17, 15) is 24.6 Å². The van der Waals surface area contributed by atoms with Crippen LogP contribution in [-0.2, 0) is 0 Å². The number of amides is 2. The summed E-state index contributed by atoms with van der Waals surface area (Å²) in [5.41, 5.74) is 1.87. The van der Waals surface area contributed by atoms with Gasteiger partial charge >= 0.3 is 5.97 Å². The molecule has 2 aromatic carbocycles. The van der Waals surface area contributed by atoms with Crippen LogP contribution in [0.15, 0.2) is 98.9 Å². The van der Waals surface area contributed by atoms with Crippen LogP contribution in [0.4, 0.5) is 0 Å². The van der Waals surface area contributed by atoms with Crippen molar-refractivity contribution < 1.29 is 43.3 Å². The lowest BCUT2D eigenvalue weighted by atomic mass is 9.82. The number of carboxylic acid groups (broad SMARTS) is 1. The summed E-state index contributed by atoms with van der Waals surface area (Å²) in [5.74, 6) is 10.6. The number of carboxylic acids is 1. The van der Waals surface area contributed by atoms with E-state index >= 15 is 0 Å². The number of aliphatic hydroxyl groups is 2. The lowest BCUT2D eigenvalue weighted by Gasteiger charge is -2.33. The average molecular weight is 762 g/mol. The van der Waals surface area contributed by atoms with Gasteiger partial charge in [0.1, 0.15) is 11.2 Å². The molecule has 4 atom stereocenters. The summed E-state index contributed by atoms with van der Waals surface area (Å²) in [6, 6.07) is 19.8. The minimum Gasteiger partial charge on any atom is -0.475 e. The van der Waals surface area contributed by atoms with Gasteiger partial charge in [0.05, 0.1) is 18.6 Å². The van der Waals surface area contributed by atoms with E-state index in [0.717, 1.165) is 47.9 Å². The van der Waals surface area contributed by atoms with Gasteiger partial charge in [-0.15, -0.1) is 0 Å². The lowest BCUT2D eigenvalue weighted by Crippen LogP contribution is -2.45. The van der Waals surface area contributed by atoms with E-state index in [4.69, 9.17) is 14.2 Å². The Morgan fingerprint density at radius 3 is 1.41 bits per heavy atom. The van der Waals surface area contributed by atoms with Gasteiger partial charge in [0.15, 0.2) is 0 Å². The topological polar surface area (TPSA) is 214 Å². The number of carbonyl (C=O) groups excluding carboxylic acids is 2. The number of hydrogen-bond donors (Lipinski definition) is 5. The van der Waals surface area contributed by atoms with Crippen molar-refractivity contribution in [2.24, 2.45) is 0 Å². The Balaban J connectivity index is 0.000000179. The molecular weight excluding hydrogens is 718 g/mol. The molecule has 2 aliphatic rings. The zero-order chi connectivity index (χ0) is 40.0. The van der Waals surface area contributed by atoms with Crippen LogP contribution in [0, 0.1) is 37.5 Å². The predicted molar refractivity (Wildman–Crippen MR) is 202 cm³/mol. The van der Waals surface area contributed by atoms with Crippen LogP contribution in [0.1, 0.15) is 105 Å². The molecule has 7 rings (SSSR count). The normalized spacial score (nSPS) is 21.1. The maximum absolute atomic E-state index is 12.0. The van der Waals surface area contributed by atoms with Gasteiger partial charge in [-0.05, 0) is 87.8 Å². The summed E-state index contributed by atoms with van der Waals surface area (Å²) in [5, 5.41) is 45.7. The van der Waals surface area contributed by atoms with Crippen molar-refractivity contribution in [3.63, 3.8) is 0 Å². The lowest BCUT2D eigenvalue weighted by molar-refractivity contribution is 0.0437. The summed E-state index contributed by atoms with van der Waals surface area (Å²) < 4.78 is 14.0. The molecule has 0 aliphatic heterocycles. The Bertz CT molecular complexity index is 2050. The zero-order valence-electron chi connectivity index (χ0n) is 31.0. The molecule has 5 N–H and O–H groups in total. The predicted octanol–water partition coefficient (Wildman–Crippen LogP) is 5.25. The number of aryl methyl sites for hydroxylation is 2. The highest BCUT2D eigenvalue weighted by Gasteiger charge is 2.35. The highest BCUT2D eigenvalue weighted by molar-refractivity contribution is 5.91. The molecule has 2 amide bonds. The first kappa shape index (κ1) is 40.7. The molecule has 290 valence electrons. The minimum absolute atomic E-state index is 0.131. The second-order valence-electron chi connectivity index (χ2n) is 13.8. The van der Waals surface area contributed by atoms with Gasteiger partial charge in [0.2, 0.25) is 17.3 Å². The third-order valence-electron chi connectivity index (χ3n) is 9.01. The van der Waals surface area contributed by atoms with Crippen molar-refractivity contribution in [1.82, 2.24) is 26.1 Å². The van der Waals surface area contributed by atoms with Gasteiger partial charge in [0.25, 0.3) is 11.8 Å². The van der Waals surface area contributed by atoms with E-state index < -0.39 is 17.2 Å². The minimum atomic E-state index is -1.09. The van der Waals surface area contributed by atoms with Crippen molar-refractivity contribution in [1.29, 1.82) is 0 Å². The number of hydrogen-bond acceptors (Lipinski definition) is 11. The number of aromatic nitrogens is 3. The molecule has 56 heavy (non-hydrogen) atoms. The van der Waals surface area contributed by atoms with Gasteiger partial charge in [-0.2, -0.15) is 0 Å². The third-order valence-corrected chi connectivity index (χ3v) is 9.01. The second kappa shape index (κ2) is 19.2. The first-order chi connectivity index (χ1) is 26.9. The van der Waals surface area contributed by atoms with Crippen LogP contribution in [-0.4, -0.2) is 71.9 Å². The molecule has 3 heterocycles. The van der Waals surface area contributed by atoms with Crippen molar-refractivity contribution >= 4 is 17.8 Å². The quantitative estimate of drug-likeness (QED) is 0.145. The molecule has 2 aliphatic carbocycles. The van der Waals surface area contributed by atoms with Gasteiger partial charge in [-0.1, -0.05) is 63.4 Å². The van der Waals surface area contributed by atoms with Crippen molar-refractivity contribution in [3.8, 4) is 23.7 Å². The number of rotatable bonds is 5. The number of carbonyl (C=O) groups is 3. The maximum atomic E-state index is 12.0. The van der Waals surface area contributed by atoms with Crippen molar-refractivity contribution in [3.05, 3.63) is 125 Å². The highest BCUT2D eigenvalue weighted by atomic mass is 16.5. The SMILES string of the molecule is Cc1cccc(C#C[C@@]2(O)CCC[C@@H](NC(=O)c3ccno3)C2)c1.Cc1cccc(C#C[C@]2(O)CCC[C@H](NC(=O)c3ccno3)C2)c1.O=C(O)c1ccno1. The van der Waals surface area contributed by atoms with E-state index in [2.05, 4.69) is 54.3 Å². The van der Waals surface area contributed by atoms with Crippen molar-refractivity contribution in [2.45, 2.75) is 88.5 Å². The van der Waals surface area contributed by atoms with Gasteiger partial charge in [-0.25, -0.2) is 4.79 Å². The van der Waals surface area contributed by atoms with Crippen LogP contribution >= 0.6 is 0 Å². The van der Waals surface area contributed by atoms with E-state index in [1.54, 1.807) is 0 Å². The molecule has 5 aromatic rings. The Hall–Kier alpha value is -6.48. The smallest absolute Gasteiger partial charge is 0.374 e. The van der Waals surface area contributed by atoms with Crippen LogP contribution in [0.3, 0.4) is 0 Å². The van der Waals surface area contributed by atoms with Gasteiger partial charge < -0.3 is 39.5 Å². The summed E-state index contributed by atoms with van der Waals surface area (Å²) in [7, 11) is 0. The average Bonchev–Trinajstić information content (AvgIpc) is 3.99. The molecular formula is C42H43N5O9. The molecule has 0 unspecified atom stereocenters. The Kier molecular flexibility index (Phi) is 14.0. The fourth-order valence-electron chi connectivity index (χ4n) is 6.31. The maximum Gasteiger partial charge on any atom is 0.374 e. The zero-order valence-corrected chi connectivity index (χ0v) is 31.0. The largest absolute Gasteiger partial charge is 0.475 e. The molecule has 0 bridgehead atoms. The van der Waals surface area contributed by atoms with E-state index in [0.29, 0.717) is 25.7 Å². The number of nitrogens with zero attached hydrogens (tertiary/aromatic N) is 3. The molecule has 2 fully saturated rings. The highest BCUT2D eigenvalue weighted by Crippen LogP contribution is 2.29. The summed E-state index contributed by atoms with van der Waals surface area (Å²) >= 11 is 0. The van der Waals surface area contributed by atoms with Gasteiger partial charge in [0, 0.05) is 54.3 Å². The number of benzene rings is 2. The van der Waals surface area contributed by atoms with Crippen LogP contribution in [0.25, 0.3) is 0 Å². The third kappa shape index (κ3) is 12.6. The summed E-state index contributed by atoms with van der Waals surface area (Å²) in [4.78, 5) is 34.0. The molecule has 14 nitrogen and oxygen atoms in total. The number of nitrogens with one attached hydrogen (secondary N) is 2. The first-order valence-electron chi connectivity index (χ1n) is 18.1. The fourth-order valence-corrected chi connectivity index (χ4v) is 6.31. The van der Waals surface area contributed by atoms with Crippen LogP contribution in [0.5, 0.6) is 0 Å². The molecule has 3 aromatic heterocycles. The molecule has 14 heteroatoms. The molecule has 0 spiro atoms. The monoisotopic (exact) mass is 761 g/mol.